The Morgan fingerprint density at radius 1 is 1.35 bits per heavy atom. The lowest BCUT2D eigenvalue weighted by Crippen LogP contribution is -2.42. The number of aliphatic imine (C=N–C) groups is 1. The van der Waals surface area contributed by atoms with Crippen LogP contribution in [0.4, 0.5) is 4.39 Å². The van der Waals surface area contributed by atoms with E-state index in [4.69, 9.17) is 0 Å². The fourth-order valence-corrected chi connectivity index (χ4v) is 3.23. The average molecular weight is 471 g/mol. The van der Waals surface area contributed by atoms with Crippen molar-refractivity contribution in [2.75, 3.05) is 6.54 Å². The Morgan fingerprint density at radius 2 is 2.12 bits per heavy atom. The van der Waals surface area contributed by atoms with Crippen molar-refractivity contribution in [1.82, 2.24) is 20.2 Å². The second-order valence-electron chi connectivity index (χ2n) is 6.45. The maximum atomic E-state index is 14.5. The van der Waals surface area contributed by atoms with Gasteiger partial charge in [-0.2, -0.15) is 0 Å². The quantitative estimate of drug-likeness (QED) is 0.395. The van der Waals surface area contributed by atoms with Crippen LogP contribution in [0.3, 0.4) is 0 Å². The van der Waals surface area contributed by atoms with Crippen LogP contribution in [0.15, 0.2) is 35.6 Å². The third kappa shape index (κ3) is 5.18. The Kier molecular flexibility index (Phi) is 7.86. The summed E-state index contributed by atoms with van der Waals surface area (Å²) >= 11 is 0. The molecule has 2 N–H and O–H groups in total. The van der Waals surface area contributed by atoms with Crippen molar-refractivity contribution in [3.63, 3.8) is 0 Å². The molecule has 0 bridgehead atoms. The van der Waals surface area contributed by atoms with E-state index in [9.17, 15) is 4.39 Å². The van der Waals surface area contributed by atoms with Crippen LogP contribution in [0.25, 0.3) is 5.69 Å². The van der Waals surface area contributed by atoms with Gasteiger partial charge >= 0.3 is 0 Å². The van der Waals surface area contributed by atoms with Crippen molar-refractivity contribution < 1.29 is 4.39 Å². The monoisotopic (exact) mass is 471 g/mol. The summed E-state index contributed by atoms with van der Waals surface area (Å²) in [6.07, 6.45) is 8.37. The standard InChI is InChI=1S/C19H26FN5.HI/c1-3-21-19(24-16-6-4-5-7-16)23-13-15-8-9-18(17(20)12-15)25-11-10-22-14(25)2;/h8-12,16H,3-7,13H2,1-2H3,(H2,21,23,24);1H. The molecule has 0 radical (unpaired) electrons. The van der Waals surface area contributed by atoms with Gasteiger partial charge in [0, 0.05) is 25.0 Å². The van der Waals surface area contributed by atoms with Gasteiger partial charge in [0.1, 0.15) is 11.6 Å². The van der Waals surface area contributed by atoms with Crippen LogP contribution >= 0.6 is 24.0 Å². The van der Waals surface area contributed by atoms with Gasteiger partial charge in [-0.1, -0.05) is 18.9 Å². The van der Waals surface area contributed by atoms with Crippen molar-refractivity contribution >= 4 is 29.9 Å². The fraction of sp³-hybridized carbons (Fsp3) is 0.474. The third-order valence-corrected chi connectivity index (χ3v) is 4.56. The molecule has 0 atom stereocenters. The molecule has 0 saturated heterocycles. The summed E-state index contributed by atoms with van der Waals surface area (Å²) in [5, 5.41) is 6.74. The SMILES string of the molecule is CCNC(=NCc1ccc(-n2ccnc2C)c(F)c1)NC1CCCC1.I. The average Bonchev–Trinajstić information content (AvgIpc) is 3.25. The number of hydrogen-bond donors (Lipinski definition) is 2. The summed E-state index contributed by atoms with van der Waals surface area (Å²) in [5.41, 5.74) is 1.36. The second kappa shape index (κ2) is 9.89. The van der Waals surface area contributed by atoms with E-state index in [0.717, 1.165) is 23.9 Å². The molecule has 1 aliphatic carbocycles. The Labute approximate surface area is 171 Å². The molecule has 3 rings (SSSR count). The number of guanidine groups is 1. The summed E-state index contributed by atoms with van der Waals surface area (Å²) in [5.74, 6) is 1.31. The Hall–Kier alpha value is -1.64. The van der Waals surface area contributed by atoms with Gasteiger partial charge in [-0.05, 0) is 44.4 Å². The summed E-state index contributed by atoms with van der Waals surface area (Å²) in [6.45, 7) is 5.16. The fourth-order valence-electron chi connectivity index (χ4n) is 3.23. The molecule has 2 aromatic rings. The highest BCUT2D eigenvalue weighted by Crippen LogP contribution is 2.18. The van der Waals surface area contributed by atoms with Crippen LogP contribution in [-0.2, 0) is 6.54 Å². The number of imidazole rings is 1. The van der Waals surface area contributed by atoms with Gasteiger partial charge in [0.25, 0.3) is 0 Å². The molecule has 1 saturated carbocycles. The van der Waals surface area contributed by atoms with E-state index < -0.39 is 0 Å². The summed E-state index contributed by atoms with van der Waals surface area (Å²) < 4.78 is 16.2. The van der Waals surface area contributed by atoms with Crippen LogP contribution in [0.2, 0.25) is 0 Å². The lowest BCUT2D eigenvalue weighted by molar-refractivity contribution is 0.610. The number of rotatable bonds is 5. The first-order valence-electron chi connectivity index (χ1n) is 9.01. The third-order valence-electron chi connectivity index (χ3n) is 4.56. The first-order chi connectivity index (χ1) is 12.2. The maximum absolute atomic E-state index is 14.5. The van der Waals surface area contributed by atoms with Gasteiger partial charge in [-0.15, -0.1) is 24.0 Å². The first kappa shape index (κ1) is 20.7. The van der Waals surface area contributed by atoms with Crippen LogP contribution in [0.5, 0.6) is 0 Å². The van der Waals surface area contributed by atoms with E-state index in [2.05, 4.69) is 20.6 Å². The van der Waals surface area contributed by atoms with Crippen molar-refractivity contribution in [3.8, 4) is 5.69 Å². The van der Waals surface area contributed by atoms with Gasteiger partial charge < -0.3 is 15.2 Å². The number of hydrogen-bond acceptors (Lipinski definition) is 2. The predicted octanol–water partition coefficient (Wildman–Crippen LogP) is 3.94. The minimum atomic E-state index is -0.262. The van der Waals surface area contributed by atoms with Crippen LogP contribution in [0.1, 0.15) is 44.0 Å². The second-order valence-corrected chi connectivity index (χ2v) is 6.45. The van der Waals surface area contributed by atoms with Gasteiger partial charge in [0.05, 0.1) is 12.2 Å². The minimum Gasteiger partial charge on any atom is -0.357 e. The molecule has 0 unspecified atom stereocenters. The molecule has 1 aromatic carbocycles. The van der Waals surface area contributed by atoms with E-state index in [-0.39, 0.29) is 29.8 Å². The molecule has 1 heterocycles. The summed E-state index contributed by atoms with van der Waals surface area (Å²) in [7, 11) is 0. The van der Waals surface area contributed by atoms with Crippen LogP contribution in [0, 0.1) is 12.7 Å². The molecule has 5 nitrogen and oxygen atoms in total. The van der Waals surface area contributed by atoms with Gasteiger partial charge in [0.2, 0.25) is 0 Å². The summed E-state index contributed by atoms with van der Waals surface area (Å²) in [4.78, 5) is 8.75. The number of aryl methyl sites for hydroxylation is 1. The zero-order valence-electron chi connectivity index (χ0n) is 15.3. The molecular formula is C19H27FIN5. The number of nitrogens with one attached hydrogen (secondary N) is 2. The largest absolute Gasteiger partial charge is 0.357 e. The highest BCUT2D eigenvalue weighted by Gasteiger charge is 2.15. The molecule has 7 heteroatoms. The van der Waals surface area contributed by atoms with Crippen LogP contribution in [-0.4, -0.2) is 28.1 Å². The first-order valence-corrected chi connectivity index (χ1v) is 9.01. The highest BCUT2D eigenvalue weighted by molar-refractivity contribution is 14.0. The molecule has 26 heavy (non-hydrogen) atoms. The van der Waals surface area contributed by atoms with E-state index in [1.165, 1.54) is 25.7 Å². The lowest BCUT2D eigenvalue weighted by Gasteiger charge is -2.16. The van der Waals surface area contributed by atoms with Gasteiger partial charge in [0.15, 0.2) is 5.96 Å². The molecule has 1 aliphatic rings. The van der Waals surface area contributed by atoms with Crippen LogP contribution < -0.4 is 10.6 Å². The topological polar surface area (TPSA) is 54.2 Å². The van der Waals surface area contributed by atoms with E-state index in [1.54, 1.807) is 29.1 Å². The Balaban J connectivity index is 0.00000243. The lowest BCUT2D eigenvalue weighted by atomic mass is 10.2. The van der Waals surface area contributed by atoms with E-state index in [0.29, 0.717) is 18.3 Å². The van der Waals surface area contributed by atoms with Crippen molar-refractivity contribution in [2.45, 2.75) is 52.1 Å². The minimum absolute atomic E-state index is 0. The highest BCUT2D eigenvalue weighted by atomic mass is 127. The van der Waals surface area contributed by atoms with E-state index in [1.807, 2.05) is 19.9 Å². The number of nitrogens with zero attached hydrogens (tertiary/aromatic N) is 3. The number of aromatic nitrogens is 2. The van der Waals surface area contributed by atoms with Gasteiger partial charge in [-0.3, -0.25) is 0 Å². The molecule has 0 amide bonds. The predicted molar refractivity (Wildman–Crippen MR) is 114 cm³/mol. The maximum Gasteiger partial charge on any atom is 0.191 e. The van der Waals surface area contributed by atoms with Crippen molar-refractivity contribution in [2.24, 2.45) is 4.99 Å². The van der Waals surface area contributed by atoms with E-state index >= 15 is 0 Å². The molecule has 0 aliphatic heterocycles. The molecule has 1 aromatic heterocycles. The Morgan fingerprint density at radius 3 is 2.73 bits per heavy atom. The zero-order valence-corrected chi connectivity index (χ0v) is 17.7. The molecular weight excluding hydrogens is 444 g/mol. The zero-order chi connectivity index (χ0) is 17.6. The number of benzene rings is 1. The molecule has 1 fully saturated rings. The summed E-state index contributed by atoms with van der Waals surface area (Å²) in [6, 6.07) is 5.76. The molecule has 0 spiro atoms. The van der Waals surface area contributed by atoms with Crippen molar-refractivity contribution in [1.29, 1.82) is 0 Å². The Bertz CT molecular complexity index is 737. The molecule has 142 valence electrons. The van der Waals surface area contributed by atoms with Gasteiger partial charge in [-0.25, -0.2) is 14.4 Å². The number of halogens is 2. The van der Waals surface area contributed by atoms with Crippen molar-refractivity contribution in [3.05, 3.63) is 47.8 Å². The normalized spacial score (nSPS) is 15.0. The smallest absolute Gasteiger partial charge is 0.191 e.